The molecule has 9 heteroatoms. The van der Waals surface area contributed by atoms with Crippen molar-refractivity contribution in [3.05, 3.63) is 36.3 Å². The zero-order valence-electron chi connectivity index (χ0n) is 19.7. The molecule has 33 heavy (non-hydrogen) atoms. The Morgan fingerprint density at radius 3 is 2.33 bits per heavy atom. The molecule has 1 aliphatic rings. The number of nitrogens with zero attached hydrogens (tertiary/aromatic N) is 1. The van der Waals surface area contributed by atoms with E-state index in [1.807, 2.05) is 19.1 Å². The van der Waals surface area contributed by atoms with E-state index in [4.69, 9.17) is 18.6 Å². The molecule has 9 nitrogen and oxygen atoms in total. The Morgan fingerprint density at radius 1 is 1.12 bits per heavy atom. The van der Waals surface area contributed by atoms with Crippen LogP contribution in [-0.2, 0) is 11.2 Å². The molecule has 1 atom stereocenters. The van der Waals surface area contributed by atoms with Gasteiger partial charge in [-0.25, -0.2) is 4.79 Å². The van der Waals surface area contributed by atoms with Gasteiger partial charge in [-0.15, -0.1) is 0 Å². The molecule has 0 radical (unpaired) electrons. The van der Waals surface area contributed by atoms with Crippen LogP contribution < -0.4 is 24.8 Å². The molecule has 1 aromatic heterocycles. The van der Waals surface area contributed by atoms with E-state index in [2.05, 4.69) is 10.6 Å². The number of ether oxygens (including phenoxy) is 3. The maximum absolute atomic E-state index is 12.8. The fourth-order valence-corrected chi connectivity index (χ4v) is 4.07. The number of hydrogen-bond acceptors (Lipinski definition) is 6. The summed E-state index contributed by atoms with van der Waals surface area (Å²) in [6, 6.07) is 6.95. The van der Waals surface area contributed by atoms with Crippen LogP contribution in [-0.4, -0.2) is 57.3 Å². The van der Waals surface area contributed by atoms with Gasteiger partial charge >= 0.3 is 6.03 Å². The molecule has 0 spiro atoms. The predicted octanol–water partition coefficient (Wildman–Crippen LogP) is 3.69. The van der Waals surface area contributed by atoms with Gasteiger partial charge in [0.15, 0.2) is 11.5 Å². The average Bonchev–Trinajstić information content (AvgIpc) is 3.31. The Labute approximate surface area is 194 Å². The number of rotatable bonds is 9. The lowest BCUT2D eigenvalue weighted by atomic mass is 9.93. The summed E-state index contributed by atoms with van der Waals surface area (Å²) >= 11 is 0. The van der Waals surface area contributed by atoms with Crippen molar-refractivity contribution in [1.82, 2.24) is 10.2 Å². The molecular formula is C24H33N3O6. The average molecular weight is 460 g/mol. The minimum atomic E-state index is -0.195. The van der Waals surface area contributed by atoms with Crippen LogP contribution in [0.3, 0.4) is 0 Å². The lowest BCUT2D eigenvalue weighted by Crippen LogP contribution is -2.42. The topological polar surface area (TPSA) is 102 Å². The number of furan rings is 1. The molecule has 1 saturated heterocycles. The van der Waals surface area contributed by atoms with Gasteiger partial charge in [0, 0.05) is 44.1 Å². The molecule has 2 heterocycles. The van der Waals surface area contributed by atoms with E-state index >= 15 is 0 Å². The number of urea groups is 1. The summed E-state index contributed by atoms with van der Waals surface area (Å²) in [6.45, 7) is 3.16. The first-order chi connectivity index (χ1) is 15.9. The zero-order valence-corrected chi connectivity index (χ0v) is 19.7. The Balaban J connectivity index is 1.46. The number of methoxy groups -OCH3 is 3. The summed E-state index contributed by atoms with van der Waals surface area (Å²) in [4.78, 5) is 26.9. The largest absolute Gasteiger partial charge is 0.493 e. The number of hydrogen-bond donors (Lipinski definition) is 2. The number of piperidine rings is 1. The maximum Gasteiger partial charge on any atom is 0.321 e. The summed E-state index contributed by atoms with van der Waals surface area (Å²) in [5.41, 5.74) is 0.557. The molecule has 180 valence electrons. The quantitative estimate of drug-likeness (QED) is 0.593. The minimum Gasteiger partial charge on any atom is -0.493 e. The van der Waals surface area contributed by atoms with Crippen LogP contribution in [0.25, 0.3) is 0 Å². The third kappa shape index (κ3) is 6.57. The molecule has 3 amide bonds. The third-order valence-electron chi connectivity index (χ3n) is 5.79. The number of amides is 3. The SMILES string of the molecule is COc1cc(NC(=O)N2CCC(CC(=O)N[C@H](C)Cc3ccco3)CC2)cc(OC)c1OC. The van der Waals surface area contributed by atoms with Gasteiger partial charge in [-0.2, -0.15) is 0 Å². The summed E-state index contributed by atoms with van der Waals surface area (Å²) in [6.07, 6.45) is 4.32. The van der Waals surface area contributed by atoms with Gasteiger partial charge in [0.1, 0.15) is 5.76 Å². The van der Waals surface area contributed by atoms with Gasteiger partial charge in [0.25, 0.3) is 0 Å². The highest BCUT2D eigenvalue weighted by Gasteiger charge is 2.25. The lowest BCUT2D eigenvalue weighted by molar-refractivity contribution is -0.122. The Morgan fingerprint density at radius 2 is 1.79 bits per heavy atom. The monoisotopic (exact) mass is 459 g/mol. The Bertz CT molecular complexity index is 897. The van der Waals surface area contributed by atoms with E-state index in [0.29, 0.717) is 48.9 Å². The standard InChI is InChI=1S/C24H33N3O6/c1-16(12-19-6-5-11-33-19)25-22(28)13-17-7-9-27(10-8-17)24(29)26-18-14-20(30-2)23(32-4)21(15-18)31-3/h5-6,11,14-17H,7-10,12-13H2,1-4H3,(H,25,28)(H,26,29)/t16-/m1/s1. The van der Waals surface area contributed by atoms with Crippen molar-refractivity contribution >= 4 is 17.6 Å². The van der Waals surface area contributed by atoms with Crippen molar-refractivity contribution in [2.75, 3.05) is 39.7 Å². The third-order valence-corrected chi connectivity index (χ3v) is 5.79. The Hall–Kier alpha value is -3.36. The molecule has 2 N–H and O–H groups in total. The second-order valence-corrected chi connectivity index (χ2v) is 8.23. The number of carbonyl (C=O) groups excluding carboxylic acids is 2. The van der Waals surface area contributed by atoms with Gasteiger partial charge in [-0.3, -0.25) is 4.79 Å². The van der Waals surface area contributed by atoms with Crippen molar-refractivity contribution in [3.8, 4) is 17.2 Å². The van der Waals surface area contributed by atoms with E-state index < -0.39 is 0 Å². The first kappa shape index (κ1) is 24.3. The number of likely N-dealkylation sites (tertiary alicyclic amines) is 1. The molecular weight excluding hydrogens is 426 g/mol. The Kier molecular flexibility index (Phi) is 8.46. The predicted molar refractivity (Wildman–Crippen MR) is 124 cm³/mol. The second kappa shape index (κ2) is 11.5. The van der Waals surface area contributed by atoms with Gasteiger partial charge in [-0.05, 0) is 37.8 Å². The number of carbonyl (C=O) groups is 2. The van der Waals surface area contributed by atoms with Crippen molar-refractivity contribution in [2.45, 2.75) is 38.6 Å². The molecule has 0 aliphatic carbocycles. The fourth-order valence-electron chi connectivity index (χ4n) is 4.07. The maximum atomic E-state index is 12.8. The van der Waals surface area contributed by atoms with E-state index in [9.17, 15) is 9.59 Å². The second-order valence-electron chi connectivity index (χ2n) is 8.23. The van der Waals surface area contributed by atoms with E-state index in [0.717, 1.165) is 18.6 Å². The lowest BCUT2D eigenvalue weighted by Gasteiger charge is -2.32. The minimum absolute atomic E-state index is 0.00740. The van der Waals surface area contributed by atoms with E-state index in [-0.39, 0.29) is 23.9 Å². The summed E-state index contributed by atoms with van der Waals surface area (Å²) in [5.74, 6) is 2.56. The van der Waals surface area contributed by atoms with Crippen LogP contribution in [0, 0.1) is 5.92 Å². The molecule has 0 unspecified atom stereocenters. The van der Waals surface area contributed by atoms with Gasteiger partial charge in [-0.1, -0.05) is 0 Å². The highest BCUT2D eigenvalue weighted by molar-refractivity contribution is 5.90. The first-order valence-electron chi connectivity index (χ1n) is 11.1. The van der Waals surface area contributed by atoms with Crippen molar-refractivity contribution in [2.24, 2.45) is 5.92 Å². The molecule has 0 bridgehead atoms. The van der Waals surface area contributed by atoms with E-state index in [1.54, 1.807) is 23.3 Å². The van der Waals surface area contributed by atoms with Crippen LogP contribution in [0.4, 0.5) is 10.5 Å². The van der Waals surface area contributed by atoms with Crippen LogP contribution in [0.15, 0.2) is 34.9 Å². The zero-order chi connectivity index (χ0) is 23.8. The van der Waals surface area contributed by atoms with Crippen LogP contribution in [0.2, 0.25) is 0 Å². The molecule has 1 aliphatic heterocycles. The van der Waals surface area contributed by atoms with Crippen molar-refractivity contribution < 1.29 is 28.2 Å². The van der Waals surface area contributed by atoms with Crippen molar-refractivity contribution in [3.63, 3.8) is 0 Å². The molecule has 1 aromatic carbocycles. The van der Waals surface area contributed by atoms with Crippen LogP contribution >= 0.6 is 0 Å². The molecule has 3 rings (SSSR count). The number of anilines is 1. The molecule has 0 saturated carbocycles. The highest BCUT2D eigenvalue weighted by atomic mass is 16.5. The van der Waals surface area contributed by atoms with Crippen LogP contribution in [0.5, 0.6) is 17.2 Å². The van der Waals surface area contributed by atoms with Crippen LogP contribution in [0.1, 0.15) is 31.9 Å². The van der Waals surface area contributed by atoms with Crippen molar-refractivity contribution in [1.29, 1.82) is 0 Å². The van der Waals surface area contributed by atoms with Gasteiger partial charge in [0.05, 0.1) is 33.3 Å². The smallest absolute Gasteiger partial charge is 0.321 e. The number of benzene rings is 1. The molecule has 1 fully saturated rings. The fraction of sp³-hybridized carbons (Fsp3) is 0.500. The van der Waals surface area contributed by atoms with E-state index in [1.165, 1.54) is 21.3 Å². The normalized spacial score (nSPS) is 15.0. The first-order valence-corrected chi connectivity index (χ1v) is 11.1. The summed E-state index contributed by atoms with van der Waals surface area (Å²) in [5, 5.41) is 5.94. The number of nitrogens with one attached hydrogen (secondary N) is 2. The van der Waals surface area contributed by atoms with Gasteiger partial charge < -0.3 is 34.2 Å². The highest BCUT2D eigenvalue weighted by Crippen LogP contribution is 2.40. The summed E-state index contributed by atoms with van der Waals surface area (Å²) in [7, 11) is 4.59. The van der Waals surface area contributed by atoms with Gasteiger partial charge in [0.2, 0.25) is 11.7 Å². The molecule has 2 aromatic rings. The summed E-state index contributed by atoms with van der Waals surface area (Å²) < 4.78 is 21.3.